The Morgan fingerprint density at radius 3 is 2.67 bits per heavy atom. The molecule has 0 aromatic heterocycles. The number of nitrogens with one attached hydrogen (secondary N) is 1. The minimum atomic E-state index is 0.399. The molecule has 2 fully saturated rings. The standard InChI is InChI=1S/C15H30N2O/c1-11(2)13-5-6-14(16-4)15(9-13)17-7-8-18-12(3)10-17/h11-16H,5-10H2,1-4H3. The van der Waals surface area contributed by atoms with Gasteiger partial charge in [-0.1, -0.05) is 13.8 Å². The second kappa shape index (κ2) is 6.36. The van der Waals surface area contributed by atoms with Gasteiger partial charge in [-0.3, -0.25) is 4.90 Å². The highest BCUT2D eigenvalue weighted by molar-refractivity contribution is 4.92. The lowest BCUT2D eigenvalue weighted by molar-refractivity contribution is -0.0503. The summed E-state index contributed by atoms with van der Waals surface area (Å²) in [5, 5.41) is 3.54. The van der Waals surface area contributed by atoms with Crippen molar-refractivity contribution in [2.45, 2.75) is 58.2 Å². The maximum Gasteiger partial charge on any atom is 0.0674 e. The van der Waals surface area contributed by atoms with E-state index in [2.05, 4.69) is 38.0 Å². The van der Waals surface area contributed by atoms with E-state index in [1.165, 1.54) is 19.3 Å². The highest BCUT2D eigenvalue weighted by atomic mass is 16.5. The molecule has 18 heavy (non-hydrogen) atoms. The summed E-state index contributed by atoms with van der Waals surface area (Å²) >= 11 is 0. The second-order valence-corrected chi connectivity index (χ2v) is 6.46. The van der Waals surface area contributed by atoms with E-state index in [9.17, 15) is 0 Å². The molecule has 4 atom stereocenters. The number of hydrogen-bond acceptors (Lipinski definition) is 3. The van der Waals surface area contributed by atoms with E-state index in [0.29, 0.717) is 18.2 Å². The van der Waals surface area contributed by atoms with E-state index >= 15 is 0 Å². The third-order valence-corrected chi connectivity index (χ3v) is 4.91. The maximum absolute atomic E-state index is 5.68. The largest absolute Gasteiger partial charge is 0.376 e. The molecule has 1 N–H and O–H groups in total. The van der Waals surface area contributed by atoms with Gasteiger partial charge in [-0.2, -0.15) is 0 Å². The predicted octanol–water partition coefficient (Wildman–Crippen LogP) is 2.12. The van der Waals surface area contributed by atoms with Crippen molar-refractivity contribution in [3.63, 3.8) is 0 Å². The van der Waals surface area contributed by atoms with Gasteiger partial charge in [0, 0.05) is 25.2 Å². The van der Waals surface area contributed by atoms with Crippen LogP contribution in [0.25, 0.3) is 0 Å². The molecule has 0 amide bonds. The molecule has 2 rings (SSSR count). The van der Waals surface area contributed by atoms with E-state index in [1.54, 1.807) is 0 Å². The number of morpholine rings is 1. The van der Waals surface area contributed by atoms with Crippen LogP contribution in [-0.2, 0) is 4.74 Å². The molecule has 0 aromatic carbocycles. The summed E-state index contributed by atoms with van der Waals surface area (Å²) in [4.78, 5) is 2.67. The van der Waals surface area contributed by atoms with Crippen LogP contribution >= 0.6 is 0 Å². The van der Waals surface area contributed by atoms with Crippen LogP contribution in [0.15, 0.2) is 0 Å². The number of ether oxygens (including phenoxy) is 1. The van der Waals surface area contributed by atoms with Crippen molar-refractivity contribution in [2.75, 3.05) is 26.7 Å². The minimum Gasteiger partial charge on any atom is -0.376 e. The first kappa shape index (κ1) is 14.3. The predicted molar refractivity (Wildman–Crippen MR) is 75.8 cm³/mol. The van der Waals surface area contributed by atoms with Crippen molar-refractivity contribution >= 4 is 0 Å². The molecule has 3 nitrogen and oxygen atoms in total. The van der Waals surface area contributed by atoms with E-state index in [4.69, 9.17) is 4.74 Å². The number of rotatable bonds is 3. The van der Waals surface area contributed by atoms with Crippen molar-refractivity contribution in [2.24, 2.45) is 11.8 Å². The van der Waals surface area contributed by atoms with Crippen LogP contribution in [0.2, 0.25) is 0 Å². The first-order valence-corrected chi connectivity index (χ1v) is 7.64. The molecule has 4 unspecified atom stereocenters. The van der Waals surface area contributed by atoms with Crippen LogP contribution in [0.3, 0.4) is 0 Å². The lowest BCUT2D eigenvalue weighted by Gasteiger charge is -2.46. The maximum atomic E-state index is 5.68. The smallest absolute Gasteiger partial charge is 0.0674 e. The molecule has 2 aliphatic rings. The number of nitrogens with zero attached hydrogens (tertiary/aromatic N) is 1. The van der Waals surface area contributed by atoms with Crippen molar-refractivity contribution in [1.29, 1.82) is 0 Å². The van der Waals surface area contributed by atoms with E-state index in [1.807, 2.05) is 0 Å². The summed E-state index contributed by atoms with van der Waals surface area (Å²) in [5.41, 5.74) is 0. The zero-order valence-electron chi connectivity index (χ0n) is 12.5. The van der Waals surface area contributed by atoms with Gasteiger partial charge < -0.3 is 10.1 Å². The summed E-state index contributed by atoms with van der Waals surface area (Å²) < 4.78 is 5.68. The molecule has 1 saturated heterocycles. The molecule has 1 heterocycles. The molecular formula is C15H30N2O. The van der Waals surface area contributed by atoms with Crippen molar-refractivity contribution < 1.29 is 4.74 Å². The van der Waals surface area contributed by atoms with Gasteiger partial charge in [0.25, 0.3) is 0 Å². The lowest BCUT2D eigenvalue weighted by atomic mass is 9.76. The monoisotopic (exact) mass is 254 g/mol. The van der Waals surface area contributed by atoms with Crippen LogP contribution in [0, 0.1) is 11.8 Å². The zero-order valence-corrected chi connectivity index (χ0v) is 12.5. The van der Waals surface area contributed by atoms with Gasteiger partial charge in [0.1, 0.15) is 0 Å². The molecule has 1 aliphatic carbocycles. The minimum absolute atomic E-state index is 0.399. The summed E-state index contributed by atoms with van der Waals surface area (Å²) in [6.07, 6.45) is 4.47. The zero-order chi connectivity index (χ0) is 13.1. The van der Waals surface area contributed by atoms with Gasteiger partial charge in [0.15, 0.2) is 0 Å². The topological polar surface area (TPSA) is 24.5 Å². The first-order valence-electron chi connectivity index (χ1n) is 7.64. The van der Waals surface area contributed by atoms with Gasteiger partial charge in [0.05, 0.1) is 12.7 Å². The van der Waals surface area contributed by atoms with E-state index < -0.39 is 0 Å². The molecule has 3 heteroatoms. The Hall–Kier alpha value is -0.120. The Bertz CT molecular complexity index is 257. The van der Waals surface area contributed by atoms with Crippen LogP contribution < -0.4 is 5.32 Å². The Morgan fingerprint density at radius 2 is 2.06 bits per heavy atom. The fourth-order valence-electron chi connectivity index (χ4n) is 3.67. The highest BCUT2D eigenvalue weighted by Crippen LogP contribution is 2.33. The van der Waals surface area contributed by atoms with E-state index in [-0.39, 0.29) is 0 Å². The van der Waals surface area contributed by atoms with E-state index in [0.717, 1.165) is 31.5 Å². The van der Waals surface area contributed by atoms with Gasteiger partial charge in [-0.05, 0) is 45.1 Å². The van der Waals surface area contributed by atoms with Crippen molar-refractivity contribution in [3.05, 3.63) is 0 Å². The molecule has 1 aliphatic heterocycles. The summed E-state index contributed by atoms with van der Waals surface area (Å²) in [7, 11) is 2.12. The molecular weight excluding hydrogens is 224 g/mol. The highest BCUT2D eigenvalue weighted by Gasteiger charge is 2.36. The Balaban J connectivity index is 2.01. The molecule has 0 aromatic rings. The van der Waals surface area contributed by atoms with Crippen LogP contribution in [0.4, 0.5) is 0 Å². The normalized spacial score (nSPS) is 39.2. The fraction of sp³-hybridized carbons (Fsp3) is 1.00. The van der Waals surface area contributed by atoms with Gasteiger partial charge in [0.2, 0.25) is 0 Å². The molecule has 0 spiro atoms. The third-order valence-electron chi connectivity index (χ3n) is 4.91. The second-order valence-electron chi connectivity index (χ2n) is 6.46. The number of likely N-dealkylation sites (N-methyl/N-ethyl adjacent to an activating group) is 1. The van der Waals surface area contributed by atoms with Crippen LogP contribution in [-0.4, -0.2) is 49.8 Å². The van der Waals surface area contributed by atoms with Crippen molar-refractivity contribution in [1.82, 2.24) is 10.2 Å². The van der Waals surface area contributed by atoms with Crippen molar-refractivity contribution in [3.8, 4) is 0 Å². The molecule has 0 bridgehead atoms. The number of hydrogen-bond donors (Lipinski definition) is 1. The van der Waals surface area contributed by atoms with Gasteiger partial charge in [-0.25, -0.2) is 0 Å². The average molecular weight is 254 g/mol. The van der Waals surface area contributed by atoms with Crippen LogP contribution in [0.1, 0.15) is 40.0 Å². The van der Waals surface area contributed by atoms with Gasteiger partial charge >= 0.3 is 0 Å². The Kier molecular flexibility index (Phi) is 5.05. The summed E-state index contributed by atoms with van der Waals surface area (Å²) in [6, 6.07) is 1.38. The Morgan fingerprint density at radius 1 is 1.28 bits per heavy atom. The summed E-state index contributed by atoms with van der Waals surface area (Å²) in [5.74, 6) is 1.72. The first-order chi connectivity index (χ1) is 8.61. The average Bonchev–Trinajstić information content (AvgIpc) is 2.38. The fourth-order valence-corrected chi connectivity index (χ4v) is 3.67. The lowest BCUT2D eigenvalue weighted by Crippen LogP contribution is -2.57. The molecule has 106 valence electrons. The molecule has 0 radical (unpaired) electrons. The molecule has 1 saturated carbocycles. The quantitative estimate of drug-likeness (QED) is 0.835. The summed E-state index contributed by atoms with van der Waals surface area (Å²) in [6.45, 7) is 10.1. The van der Waals surface area contributed by atoms with Crippen LogP contribution in [0.5, 0.6) is 0 Å². The Labute approximate surface area is 112 Å². The van der Waals surface area contributed by atoms with Gasteiger partial charge in [-0.15, -0.1) is 0 Å². The third kappa shape index (κ3) is 3.25. The SMILES string of the molecule is CNC1CCC(C(C)C)CC1N1CCOC(C)C1.